The van der Waals surface area contributed by atoms with Crippen molar-refractivity contribution in [1.29, 1.82) is 0 Å². The van der Waals surface area contributed by atoms with Gasteiger partial charge in [0.15, 0.2) is 0 Å². The molecule has 0 unspecified atom stereocenters. The van der Waals surface area contributed by atoms with Gasteiger partial charge in [0.05, 0.1) is 9.79 Å². The molecule has 0 aliphatic rings. The fourth-order valence-electron chi connectivity index (χ4n) is 11.3. The molecule has 0 heterocycles. The van der Waals surface area contributed by atoms with Gasteiger partial charge < -0.3 is 0 Å². The molecule has 0 saturated heterocycles. The number of sulfone groups is 1. The molecule has 0 N–H and O–H groups in total. The second-order valence-corrected chi connectivity index (χ2v) is 32.5. The molecule has 0 aliphatic heterocycles. The van der Waals surface area contributed by atoms with E-state index in [0.29, 0.717) is 4.90 Å². The Bertz CT molecular complexity index is 2950. The smallest absolute Gasteiger partial charge is 0.207 e. The number of hydrogen-bond acceptors (Lipinski definition) is 2. The van der Waals surface area contributed by atoms with Crippen molar-refractivity contribution in [2.24, 2.45) is 0 Å². The third kappa shape index (κ3) is 11.8. The van der Waals surface area contributed by atoms with Gasteiger partial charge in [0.1, 0.15) is 0 Å². The van der Waals surface area contributed by atoms with Gasteiger partial charge in [0, 0.05) is 11.1 Å². The predicted octanol–water partition coefficient (Wildman–Crippen LogP) is 20.4. The predicted molar refractivity (Wildman–Crippen MR) is 326 cm³/mol. The van der Waals surface area contributed by atoms with Crippen LogP contribution in [-0.2, 0) is 53.2 Å². The molecular weight excluding hydrogens is 929 g/mol. The van der Waals surface area contributed by atoms with E-state index < -0.39 is 31.5 Å². The molecule has 0 fully saturated rings. The van der Waals surface area contributed by atoms with Crippen molar-refractivity contribution in [2.45, 2.75) is 247 Å². The summed E-state index contributed by atoms with van der Waals surface area (Å²) >= 11 is 0. The average Bonchev–Trinajstić information content (AvgIpc) is 3.22. The Labute approximate surface area is 458 Å². The minimum absolute atomic E-state index is 0.238. The molecule has 0 atom stereocenters. The van der Waals surface area contributed by atoms with Crippen LogP contribution in [0.25, 0.3) is 44.5 Å². The summed E-state index contributed by atoms with van der Waals surface area (Å²) in [5.41, 5.74) is 17.8. The summed E-state index contributed by atoms with van der Waals surface area (Å²) in [6, 6.07) is 33.6. The van der Waals surface area contributed by atoms with Crippen LogP contribution in [0.15, 0.2) is 82.6 Å². The van der Waals surface area contributed by atoms with Crippen molar-refractivity contribution >= 4 is 9.84 Å². The summed E-state index contributed by atoms with van der Waals surface area (Å²) in [4.78, 5) is 0.569. The van der Waals surface area contributed by atoms with Crippen LogP contribution in [-0.4, -0.2) is 8.42 Å². The lowest BCUT2D eigenvalue weighted by atomic mass is 9.66. The normalized spacial score (nSPS) is 13.7. The van der Waals surface area contributed by atoms with Crippen LogP contribution in [0.4, 0.5) is 0 Å². The van der Waals surface area contributed by atoms with E-state index in [0.717, 1.165) is 77.9 Å². The zero-order valence-electron chi connectivity index (χ0n) is 52.2. The highest BCUT2D eigenvalue weighted by molar-refractivity contribution is 7.91. The molecule has 0 aliphatic carbocycles. The highest BCUT2D eigenvalue weighted by Crippen LogP contribution is 2.59. The summed E-state index contributed by atoms with van der Waals surface area (Å²) < 4.78 is 35.1. The molecule has 6 aromatic rings. The van der Waals surface area contributed by atoms with Crippen LogP contribution in [0, 0.1) is 39.8 Å². The first kappa shape index (κ1) is 59.5. The lowest BCUT2D eigenvalue weighted by Gasteiger charge is -2.38. The Kier molecular flexibility index (Phi) is 15.3. The second kappa shape index (κ2) is 19.3. The highest BCUT2D eigenvalue weighted by atomic mass is 32.2. The lowest BCUT2D eigenvalue weighted by molar-refractivity contribution is 0.567. The summed E-state index contributed by atoms with van der Waals surface area (Å²) in [6.45, 7) is 64.0. The fraction of sp³-hybridized carbons (Fsp3) is 0.500. The van der Waals surface area contributed by atoms with E-state index in [1.54, 1.807) is 24.3 Å². The third-order valence-corrected chi connectivity index (χ3v) is 16.9. The SMILES string of the molecule is Cc1cc(C(C)(C)C)c(-c2[c]c(-c3c(C(C)(C)C)cc(C)cc3C(C)(C)C)c(-c3c(C(C)(C)C)cc(C)cc3C(C)(C)C)c(S(=O)(=O)c3cc[c]cc3)c2-c2c(C(C)(C)C)cc(C)cc2C(C)(C)C)c(C(C)(C)C)c1. The van der Waals surface area contributed by atoms with Crippen molar-refractivity contribution in [1.82, 2.24) is 0 Å². The molecule has 0 aromatic heterocycles. The van der Waals surface area contributed by atoms with Gasteiger partial charge in [-0.25, -0.2) is 8.42 Å². The molecule has 6 aromatic carbocycles. The monoisotopic (exact) mass is 1020 g/mol. The lowest BCUT2D eigenvalue weighted by Crippen LogP contribution is -2.25. The molecule has 402 valence electrons. The Hall–Kier alpha value is -4.73. The first-order valence-electron chi connectivity index (χ1n) is 27.7. The van der Waals surface area contributed by atoms with Crippen molar-refractivity contribution in [3.8, 4) is 44.5 Å². The maximum Gasteiger partial charge on any atom is 0.207 e. The third-order valence-electron chi connectivity index (χ3n) is 15.1. The van der Waals surface area contributed by atoms with Gasteiger partial charge in [-0.2, -0.15) is 0 Å². The summed E-state index contributed by atoms with van der Waals surface area (Å²) in [6.07, 6.45) is 0. The summed E-state index contributed by atoms with van der Waals surface area (Å²) in [7, 11) is -4.48. The van der Waals surface area contributed by atoms with Crippen LogP contribution in [0.1, 0.15) is 233 Å². The van der Waals surface area contributed by atoms with Crippen molar-refractivity contribution in [3.05, 3.63) is 152 Å². The quantitative estimate of drug-likeness (QED) is 0.167. The standard InChI is InChI=1S/C72H96O2S/c1-43-34-50(65(5,6)7)58(51(35-43)66(8,9)10)48-42-49(59-52(67(11,12)13)36-44(2)37-53(59)68(14,15)16)61(63-56(71(23,24)25)40-46(4)41-57(63)72(26,27)28)64(75(73,74)47-32-30-29-31-33-47)60(48)62-54(69(17,18)19)38-45(3)39-55(62)70(20,21)22/h30-41H,1-28H3. The molecular formula is C72H96O2S. The van der Waals surface area contributed by atoms with E-state index in [1.165, 1.54) is 33.4 Å². The maximum absolute atomic E-state index is 17.6. The molecule has 3 heteroatoms. The largest absolute Gasteiger partial charge is 0.218 e. The molecule has 75 heavy (non-hydrogen) atoms. The van der Waals surface area contributed by atoms with Crippen LogP contribution >= 0.6 is 0 Å². The molecule has 2 nitrogen and oxygen atoms in total. The van der Waals surface area contributed by atoms with E-state index in [1.807, 2.05) is 0 Å². The Morgan fingerprint density at radius 3 is 0.707 bits per heavy atom. The summed E-state index contributed by atoms with van der Waals surface area (Å²) in [5.74, 6) is 0. The van der Waals surface area contributed by atoms with E-state index >= 15 is 8.42 Å². The molecule has 2 radical (unpaired) electrons. The number of aryl methyl sites for hydroxylation is 4. The molecule has 0 amide bonds. The first-order chi connectivity index (χ1) is 33.7. The van der Waals surface area contributed by atoms with Gasteiger partial charge in [-0.05, 0) is 173 Å². The Morgan fingerprint density at radius 2 is 0.507 bits per heavy atom. The van der Waals surface area contributed by atoms with Gasteiger partial charge >= 0.3 is 0 Å². The zero-order chi connectivity index (χ0) is 57.1. The molecule has 0 saturated carbocycles. The Balaban J connectivity index is 2.37. The Morgan fingerprint density at radius 1 is 0.307 bits per heavy atom. The maximum atomic E-state index is 17.6. The highest BCUT2D eigenvalue weighted by Gasteiger charge is 2.43. The van der Waals surface area contributed by atoms with E-state index in [9.17, 15) is 0 Å². The van der Waals surface area contributed by atoms with Gasteiger partial charge in [-0.1, -0.05) is 249 Å². The van der Waals surface area contributed by atoms with Crippen LogP contribution < -0.4 is 0 Å². The second-order valence-electron chi connectivity index (χ2n) is 30.6. The van der Waals surface area contributed by atoms with Gasteiger partial charge in [0.2, 0.25) is 9.84 Å². The van der Waals surface area contributed by atoms with Crippen molar-refractivity contribution in [3.63, 3.8) is 0 Å². The molecule has 0 spiro atoms. The van der Waals surface area contributed by atoms with Crippen LogP contribution in [0.3, 0.4) is 0 Å². The van der Waals surface area contributed by atoms with E-state index in [2.05, 4.69) is 255 Å². The number of hydrogen-bond donors (Lipinski definition) is 0. The first-order valence-corrected chi connectivity index (χ1v) is 29.2. The van der Waals surface area contributed by atoms with E-state index in [-0.39, 0.29) is 26.6 Å². The number of rotatable bonds is 6. The van der Waals surface area contributed by atoms with Crippen LogP contribution in [0.5, 0.6) is 0 Å². The van der Waals surface area contributed by atoms with Gasteiger partial charge in [0.25, 0.3) is 0 Å². The molecule has 6 rings (SSSR count). The van der Waals surface area contributed by atoms with Gasteiger partial charge in [-0.15, -0.1) is 0 Å². The minimum atomic E-state index is -4.48. The minimum Gasteiger partial charge on any atom is -0.218 e. The van der Waals surface area contributed by atoms with Crippen molar-refractivity contribution in [2.75, 3.05) is 0 Å². The van der Waals surface area contributed by atoms with Crippen molar-refractivity contribution < 1.29 is 8.42 Å². The molecule has 0 bridgehead atoms. The number of benzene rings is 6. The van der Waals surface area contributed by atoms with Gasteiger partial charge in [-0.3, -0.25) is 0 Å². The van der Waals surface area contributed by atoms with E-state index in [4.69, 9.17) is 0 Å². The summed E-state index contributed by atoms with van der Waals surface area (Å²) in [5, 5.41) is 0. The zero-order valence-corrected chi connectivity index (χ0v) is 53.0. The topological polar surface area (TPSA) is 34.1 Å². The van der Waals surface area contributed by atoms with Crippen LogP contribution in [0.2, 0.25) is 0 Å². The average molecular weight is 1030 g/mol. The fourth-order valence-corrected chi connectivity index (χ4v) is 13.0.